The summed E-state index contributed by atoms with van der Waals surface area (Å²) in [7, 11) is 1.33. The summed E-state index contributed by atoms with van der Waals surface area (Å²) in [6.07, 6.45) is 1.40. The van der Waals surface area contributed by atoms with Gasteiger partial charge in [-0.05, 0) is 18.2 Å². The molecule has 0 atom stereocenters. The number of ether oxygens (including phenoxy) is 1. The van der Waals surface area contributed by atoms with E-state index in [1.165, 1.54) is 37.6 Å². The Morgan fingerprint density at radius 3 is 2.71 bits per heavy atom. The number of hydrogen-bond acceptors (Lipinski definition) is 5. The van der Waals surface area contributed by atoms with Crippen LogP contribution in [-0.2, 0) is 0 Å². The van der Waals surface area contributed by atoms with Crippen LogP contribution in [0.1, 0.15) is 10.4 Å². The Hall–Kier alpha value is -2.67. The highest BCUT2D eigenvalue weighted by molar-refractivity contribution is 6.29. The van der Waals surface area contributed by atoms with E-state index in [0.717, 1.165) is 0 Å². The molecule has 0 unspecified atom stereocenters. The van der Waals surface area contributed by atoms with E-state index >= 15 is 0 Å². The molecular weight excluding hydrogens is 298 g/mol. The van der Waals surface area contributed by atoms with Crippen molar-refractivity contribution in [2.45, 2.75) is 0 Å². The third kappa shape index (κ3) is 3.46. The molecule has 0 aliphatic heterocycles. The lowest BCUT2D eigenvalue weighted by Crippen LogP contribution is -2.13. The Kier molecular flexibility index (Phi) is 4.34. The highest BCUT2D eigenvalue weighted by Crippen LogP contribution is 2.25. The topological polar surface area (TPSA) is 94.4 Å². The number of aromatic nitrogens is 1. The van der Waals surface area contributed by atoms with E-state index in [2.05, 4.69) is 10.3 Å². The Labute approximate surface area is 124 Å². The van der Waals surface area contributed by atoms with Gasteiger partial charge in [-0.3, -0.25) is 14.9 Å². The van der Waals surface area contributed by atoms with Crippen LogP contribution in [0.5, 0.6) is 5.75 Å². The summed E-state index contributed by atoms with van der Waals surface area (Å²) in [4.78, 5) is 26.1. The normalized spacial score (nSPS) is 10.0. The quantitative estimate of drug-likeness (QED) is 0.532. The van der Waals surface area contributed by atoms with Gasteiger partial charge in [0.25, 0.3) is 11.6 Å². The van der Waals surface area contributed by atoms with Crippen LogP contribution in [0.2, 0.25) is 5.15 Å². The molecule has 1 aromatic carbocycles. The minimum atomic E-state index is -0.562. The van der Waals surface area contributed by atoms with Gasteiger partial charge >= 0.3 is 0 Å². The van der Waals surface area contributed by atoms with Crippen molar-refractivity contribution in [1.82, 2.24) is 4.98 Å². The minimum absolute atomic E-state index is 0.114. The average Bonchev–Trinajstić information content (AvgIpc) is 2.48. The van der Waals surface area contributed by atoms with Crippen LogP contribution in [0, 0.1) is 10.1 Å². The van der Waals surface area contributed by atoms with Crippen molar-refractivity contribution in [1.29, 1.82) is 0 Å². The number of nitrogens with one attached hydrogen (secondary N) is 1. The number of carbonyl (C=O) groups excluding carboxylic acids is 1. The van der Waals surface area contributed by atoms with Gasteiger partial charge < -0.3 is 10.1 Å². The number of nitro benzene ring substituents is 1. The lowest BCUT2D eigenvalue weighted by Gasteiger charge is -2.09. The van der Waals surface area contributed by atoms with Gasteiger partial charge in [0, 0.05) is 6.07 Å². The number of rotatable bonds is 4. The lowest BCUT2D eigenvalue weighted by atomic mass is 10.1. The van der Waals surface area contributed by atoms with E-state index in [9.17, 15) is 14.9 Å². The summed E-state index contributed by atoms with van der Waals surface area (Å²) in [6.45, 7) is 0. The van der Waals surface area contributed by atoms with Crippen molar-refractivity contribution < 1.29 is 14.5 Å². The van der Waals surface area contributed by atoms with Crippen molar-refractivity contribution in [2.75, 3.05) is 12.4 Å². The van der Waals surface area contributed by atoms with Gasteiger partial charge in [0.1, 0.15) is 10.9 Å². The summed E-state index contributed by atoms with van der Waals surface area (Å²) >= 11 is 5.65. The van der Waals surface area contributed by atoms with Crippen LogP contribution in [0.3, 0.4) is 0 Å². The third-order valence-electron chi connectivity index (χ3n) is 2.63. The Morgan fingerprint density at radius 1 is 1.38 bits per heavy atom. The maximum absolute atomic E-state index is 12.1. The molecule has 1 heterocycles. The van der Waals surface area contributed by atoms with E-state index in [4.69, 9.17) is 16.3 Å². The highest BCUT2D eigenvalue weighted by Gasteiger charge is 2.17. The molecule has 0 aliphatic carbocycles. The summed E-state index contributed by atoms with van der Waals surface area (Å²) < 4.78 is 5.01. The van der Waals surface area contributed by atoms with Crippen molar-refractivity contribution in [3.63, 3.8) is 0 Å². The molecule has 8 heteroatoms. The van der Waals surface area contributed by atoms with E-state index < -0.39 is 10.8 Å². The fraction of sp³-hybridized carbons (Fsp3) is 0.0769. The zero-order valence-electron chi connectivity index (χ0n) is 10.9. The molecule has 0 spiro atoms. The first kappa shape index (κ1) is 14.7. The first-order chi connectivity index (χ1) is 10.0. The fourth-order valence-corrected chi connectivity index (χ4v) is 1.74. The van der Waals surface area contributed by atoms with Crippen LogP contribution in [0.4, 0.5) is 11.4 Å². The molecular formula is C13H10ClN3O4. The second-order valence-electron chi connectivity index (χ2n) is 3.97. The standard InChI is InChI=1S/C13H10ClN3O4/c1-21-11-6-9(17(19)20)3-4-10(11)13(18)16-8-2-5-12(14)15-7-8/h2-7H,1H3,(H,16,18). The molecule has 2 rings (SSSR count). The van der Waals surface area contributed by atoms with Crippen molar-refractivity contribution >= 4 is 28.9 Å². The highest BCUT2D eigenvalue weighted by atomic mass is 35.5. The first-order valence-electron chi connectivity index (χ1n) is 5.76. The third-order valence-corrected chi connectivity index (χ3v) is 2.85. The maximum Gasteiger partial charge on any atom is 0.273 e. The minimum Gasteiger partial charge on any atom is -0.496 e. The summed E-state index contributed by atoms with van der Waals surface area (Å²) in [5.41, 5.74) is 0.472. The number of halogens is 1. The Balaban J connectivity index is 2.26. The second-order valence-corrected chi connectivity index (χ2v) is 4.35. The predicted molar refractivity (Wildman–Crippen MR) is 76.8 cm³/mol. The molecule has 0 aliphatic rings. The molecule has 108 valence electrons. The second kappa shape index (κ2) is 6.19. The predicted octanol–water partition coefficient (Wildman–Crippen LogP) is 2.90. The van der Waals surface area contributed by atoms with Gasteiger partial charge in [-0.25, -0.2) is 4.98 Å². The average molecular weight is 308 g/mol. The van der Waals surface area contributed by atoms with Gasteiger partial charge in [-0.1, -0.05) is 11.6 Å². The molecule has 1 aromatic heterocycles. The van der Waals surface area contributed by atoms with Crippen LogP contribution in [0.15, 0.2) is 36.5 Å². The number of benzene rings is 1. The summed E-state index contributed by atoms with van der Waals surface area (Å²) in [5.74, 6) is -0.352. The smallest absolute Gasteiger partial charge is 0.273 e. The molecule has 1 amide bonds. The van der Waals surface area contributed by atoms with Crippen LogP contribution < -0.4 is 10.1 Å². The van der Waals surface area contributed by atoms with E-state index in [-0.39, 0.29) is 17.0 Å². The number of anilines is 1. The van der Waals surface area contributed by atoms with E-state index in [1.54, 1.807) is 6.07 Å². The number of pyridine rings is 1. The van der Waals surface area contributed by atoms with Crippen molar-refractivity contribution in [2.24, 2.45) is 0 Å². The molecule has 0 saturated heterocycles. The van der Waals surface area contributed by atoms with Crippen LogP contribution >= 0.6 is 11.6 Å². The molecule has 2 aromatic rings. The van der Waals surface area contributed by atoms with E-state index in [1.807, 2.05) is 0 Å². The van der Waals surface area contributed by atoms with Gasteiger partial charge in [-0.2, -0.15) is 0 Å². The first-order valence-corrected chi connectivity index (χ1v) is 6.14. The Bertz CT molecular complexity index is 688. The van der Waals surface area contributed by atoms with Crippen LogP contribution in [0.25, 0.3) is 0 Å². The molecule has 0 fully saturated rings. The summed E-state index contributed by atoms with van der Waals surface area (Å²) in [5, 5.41) is 13.6. The SMILES string of the molecule is COc1cc([N+](=O)[O-])ccc1C(=O)Nc1ccc(Cl)nc1. The van der Waals surface area contributed by atoms with Crippen molar-refractivity contribution in [3.8, 4) is 5.75 Å². The Morgan fingerprint density at radius 2 is 2.14 bits per heavy atom. The zero-order valence-corrected chi connectivity index (χ0v) is 11.6. The molecule has 0 radical (unpaired) electrons. The van der Waals surface area contributed by atoms with Crippen molar-refractivity contribution in [3.05, 3.63) is 57.4 Å². The van der Waals surface area contributed by atoms with Gasteiger partial charge in [0.2, 0.25) is 0 Å². The lowest BCUT2D eigenvalue weighted by molar-refractivity contribution is -0.384. The molecule has 1 N–H and O–H groups in total. The summed E-state index contributed by atoms with van der Waals surface area (Å²) in [6, 6.07) is 6.87. The molecule has 7 nitrogen and oxygen atoms in total. The van der Waals surface area contributed by atoms with Gasteiger partial charge in [0.15, 0.2) is 0 Å². The molecule has 0 bridgehead atoms. The zero-order chi connectivity index (χ0) is 15.4. The number of methoxy groups -OCH3 is 1. The molecule has 21 heavy (non-hydrogen) atoms. The number of hydrogen-bond donors (Lipinski definition) is 1. The van der Waals surface area contributed by atoms with Gasteiger partial charge in [0.05, 0.1) is 35.5 Å². The molecule has 0 saturated carbocycles. The van der Waals surface area contributed by atoms with Crippen LogP contribution in [-0.4, -0.2) is 22.9 Å². The number of nitrogens with zero attached hydrogens (tertiary/aromatic N) is 2. The maximum atomic E-state index is 12.1. The monoisotopic (exact) mass is 307 g/mol. The number of carbonyl (C=O) groups is 1. The fourth-order valence-electron chi connectivity index (χ4n) is 1.63. The van der Waals surface area contributed by atoms with Gasteiger partial charge in [-0.15, -0.1) is 0 Å². The largest absolute Gasteiger partial charge is 0.496 e. The van der Waals surface area contributed by atoms with E-state index in [0.29, 0.717) is 10.8 Å². The number of nitro groups is 1. The number of amides is 1. The number of non-ortho nitro benzene ring substituents is 1.